The zero-order valence-electron chi connectivity index (χ0n) is 13.6. The maximum Gasteiger partial charge on any atom is 0.230 e. The van der Waals surface area contributed by atoms with Crippen molar-refractivity contribution in [3.05, 3.63) is 41.8 Å². The van der Waals surface area contributed by atoms with Crippen LogP contribution in [0, 0.1) is 11.8 Å². The third-order valence-electron chi connectivity index (χ3n) is 4.19. The van der Waals surface area contributed by atoms with E-state index in [0.29, 0.717) is 18.0 Å². The number of carboxylic acid groups (broad SMARTS) is 1. The van der Waals surface area contributed by atoms with E-state index in [1.54, 1.807) is 13.2 Å². The molecule has 3 rings (SSSR count). The van der Waals surface area contributed by atoms with Crippen LogP contribution in [0.4, 0.5) is 5.13 Å². The molecule has 6 nitrogen and oxygen atoms in total. The van der Waals surface area contributed by atoms with Crippen LogP contribution >= 0.6 is 11.3 Å². The van der Waals surface area contributed by atoms with Gasteiger partial charge in [-0.3, -0.25) is 4.79 Å². The molecule has 1 aliphatic carbocycles. The Morgan fingerprint density at radius 3 is 2.52 bits per heavy atom. The fourth-order valence-corrected chi connectivity index (χ4v) is 3.51. The van der Waals surface area contributed by atoms with Gasteiger partial charge in [0.05, 0.1) is 18.7 Å². The minimum absolute atomic E-state index is 0.315. The Labute approximate surface area is 149 Å². The lowest BCUT2D eigenvalue weighted by Crippen LogP contribution is -2.41. The Bertz CT molecular complexity index is 798. The van der Waals surface area contributed by atoms with Crippen molar-refractivity contribution in [2.45, 2.75) is 12.8 Å². The molecule has 1 aliphatic rings. The highest BCUT2D eigenvalue weighted by atomic mass is 32.1. The summed E-state index contributed by atoms with van der Waals surface area (Å²) in [7, 11) is 1.60. The molecule has 0 fully saturated rings. The number of benzene rings is 1. The summed E-state index contributed by atoms with van der Waals surface area (Å²) < 4.78 is 5.13. The number of methoxy groups -OCH3 is 1. The Hall–Kier alpha value is -2.67. The Morgan fingerprint density at radius 2 is 1.88 bits per heavy atom. The first-order valence-electron chi connectivity index (χ1n) is 7.85. The van der Waals surface area contributed by atoms with Gasteiger partial charge in [0.15, 0.2) is 5.13 Å². The SMILES string of the molecule is COc1ccc(-c2csc(NC(=O)[C@@H]3CC=CC[C@H]3C(=O)[O-])n2)cc1. The summed E-state index contributed by atoms with van der Waals surface area (Å²) >= 11 is 1.30. The summed E-state index contributed by atoms with van der Waals surface area (Å²) in [5, 5.41) is 16.2. The number of carbonyl (C=O) groups is 2. The number of amides is 1. The average Bonchev–Trinajstić information content (AvgIpc) is 3.10. The number of nitrogens with zero attached hydrogens (tertiary/aromatic N) is 1. The van der Waals surface area contributed by atoms with Crippen LogP contribution in [0.2, 0.25) is 0 Å². The van der Waals surface area contributed by atoms with E-state index in [1.165, 1.54) is 11.3 Å². The summed E-state index contributed by atoms with van der Waals surface area (Å²) in [5.41, 5.74) is 1.65. The number of anilines is 1. The lowest BCUT2D eigenvalue weighted by atomic mass is 9.82. The molecule has 1 amide bonds. The number of rotatable bonds is 5. The number of nitrogens with one attached hydrogen (secondary N) is 1. The molecule has 0 bridgehead atoms. The van der Waals surface area contributed by atoms with Gasteiger partial charge in [-0.2, -0.15) is 0 Å². The maximum atomic E-state index is 12.4. The standard InChI is InChI=1S/C18H18N2O4S/c1-24-12-8-6-11(7-9-12)15-10-25-18(19-15)20-16(21)13-4-2-3-5-14(13)17(22)23/h2-3,6-10,13-14H,4-5H2,1H3,(H,22,23)(H,19,20,21)/p-1/t13-,14-/m1/s1. The van der Waals surface area contributed by atoms with Gasteiger partial charge < -0.3 is 20.0 Å². The number of carbonyl (C=O) groups excluding carboxylic acids is 2. The van der Waals surface area contributed by atoms with Crippen molar-refractivity contribution in [1.82, 2.24) is 4.98 Å². The van der Waals surface area contributed by atoms with Crippen molar-refractivity contribution in [2.75, 3.05) is 12.4 Å². The second kappa shape index (κ2) is 7.48. The van der Waals surface area contributed by atoms with Crippen LogP contribution in [0.15, 0.2) is 41.8 Å². The van der Waals surface area contributed by atoms with Gasteiger partial charge >= 0.3 is 0 Å². The predicted molar refractivity (Wildman–Crippen MR) is 93.1 cm³/mol. The molecule has 2 atom stereocenters. The number of allylic oxidation sites excluding steroid dienone is 2. The topological polar surface area (TPSA) is 91.3 Å². The predicted octanol–water partition coefficient (Wildman–Crippen LogP) is 2.09. The van der Waals surface area contributed by atoms with Crippen LogP contribution in [0.25, 0.3) is 11.3 Å². The molecule has 1 aromatic heterocycles. The molecule has 0 spiro atoms. The summed E-state index contributed by atoms with van der Waals surface area (Å²) in [4.78, 5) is 28.0. The molecule has 0 saturated heterocycles. The zero-order valence-corrected chi connectivity index (χ0v) is 14.4. The van der Waals surface area contributed by atoms with Gasteiger partial charge in [-0.1, -0.05) is 12.2 Å². The molecule has 0 aliphatic heterocycles. The molecule has 1 N–H and O–H groups in total. The lowest BCUT2D eigenvalue weighted by molar-refractivity contribution is -0.313. The number of hydrogen-bond donors (Lipinski definition) is 1. The number of thiazole rings is 1. The molecule has 2 aromatic rings. The number of aromatic nitrogens is 1. The molecule has 1 aromatic carbocycles. The van der Waals surface area contributed by atoms with Gasteiger partial charge in [-0.15, -0.1) is 11.3 Å². The third-order valence-corrected chi connectivity index (χ3v) is 4.95. The molecule has 130 valence electrons. The molecule has 1 heterocycles. The van der Waals surface area contributed by atoms with Gasteiger partial charge in [-0.05, 0) is 37.1 Å². The molecule has 0 saturated carbocycles. The number of ether oxygens (including phenoxy) is 1. The van der Waals surface area contributed by atoms with Gasteiger partial charge in [0.25, 0.3) is 0 Å². The first-order valence-corrected chi connectivity index (χ1v) is 8.73. The van der Waals surface area contributed by atoms with E-state index in [-0.39, 0.29) is 5.91 Å². The van der Waals surface area contributed by atoms with E-state index >= 15 is 0 Å². The van der Waals surface area contributed by atoms with Crippen LogP contribution in [-0.4, -0.2) is 24.0 Å². The van der Waals surface area contributed by atoms with Crippen LogP contribution < -0.4 is 15.2 Å². The second-order valence-electron chi connectivity index (χ2n) is 5.73. The van der Waals surface area contributed by atoms with Crippen LogP contribution in [0.3, 0.4) is 0 Å². The lowest BCUT2D eigenvalue weighted by Gasteiger charge is -2.27. The Balaban J connectivity index is 1.71. The molecule has 25 heavy (non-hydrogen) atoms. The first-order chi connectivity index (χ1) is 12.1. The normalized spacial score (nSPS) is 19.4. The minimum atomic E-state index is -1.19. The van der Waals surface area contributed by atoms with E-state index in [2.05, 4.69) is 10.3 Å². The van der Waals surface area contributed by atoms with Crippen molar-refractivity contribution in [2.24, 2.45) is 11.8 Å². The van der Waals surface area contributed by atoms with E-state index in [1.807, 2.05) is 35.7 Å². The average molecular weight is 357 g/mol. The van der Waals surface area contributed by atoms with Crippen molar-refractivity contribution < 1.29 is 19.4 Å². The highest BCUT2D eigenvalue weighted by molar-refractivity contribution is 7.14. The van der Waals surface area contributed by atoms with Crippen LogP contribution in [-0.2, 0) is 9.59 Å². The van der Waals surface area contributed by atoms with Gasteiger partial charge in [-0.25, -0.2) is 4.98 Å². The highest BCUT2D eigenvalue weighted by Gasteiger charge is 2.30. The number of carboxylic acids is 1. The molecule has 0 unspecified atom stereocenters. The van der Waals surface area contributed by atoms with E-state index in [0.717, 1.165) is 17.0 Å². The monoisotopic (exact) mass is 357 g/mol. The van der Waals surface area contributed by atoms with Gasteiger partial charge in [0.2, 0.25) is 5.91 Å². The summed E-state index contributed by atoms with van der Waals surface area (Å²) in [6.45, 7) is 0. The number of hydrogen-bond acceptors (Lipinski definition) is 6. The summed E-state index contributed by atoms with van der Waals surface area (Å²) in [6.07, 6.45) is 4.31. The summed E-state index contributed by atoms with van der Waals surface area (Å²) in [6, 6.07) is 7.45. The Morgan fingerprint density at radius 1 is 1.20 bits per heavy atom. The van der Waals surface area contributed by atoms with Crippen LogP contribution in [0.5, 0.6) is 5.75 Å². The highest BCUT2D eigenvalue weighted by Crippen LogP contribution is 2.29. The van der Waals surface area contributed by atoms with Crippen molar-refractivity contribution in [1.29, 1.82) is 0 Å². The minimum Gasteiger partial charge on any atom is -0.550 e. The van der Waals surface area contributed by atoms with Crippen molar-refractivity contribution in [3.8, 4) is 17.0 Å². The second-order valence-corrected chi connectivity index (χ2v) is 6.59. The van der Waals surface area contributed by atoms with Crippen molar-refractivity contribution >= 4 is 28.3 Å². The van der Waals surface area contributed by atoms with Crippen molar-refractivity contribution in [3.63, 3.8) is 0 Å². The smallest absolute Gasteiger partial charge is 0.230 e. The molecular weight excluding hydrogens is 340 g/mol. The fraction of sp³-hybridized carbons (Fsp3) is 0.278. The van der Waals surface area contributed by atoms with Gasteiger partial charge in [0.1, 0.15) is 5.75 Å². The molecule has 7 heteroatoms. The quantitative estimate of drug-likeness (QED) is 0.828. The first kappa shape index (κ1) is 17.2. The zero-order chi connectivity index (χ0) is 17.8. The summed E-state index contributed by atoms with van der Waals surface area (Å²) in [5.74, 6) is -2.21. The number of aliphatic carboxylic acids is 1. The molecule has 0 radical (unpaired) electrons. The fourth-order valence-electron chi connectivity index (χ4n) is 2.79. The van der Waals surface area contributed by atoms with Crippen LogP contribution in [0.1, 0.15) is 12.8 Å². The maximum absolute atomic E-state index is 12.4. The van der Waals surface area contributed by atoms with Gasteiger partial charge in [0, 0.05) is 22.8 Å². The largest absolute Gasteiger partial charge is 0.550 e. The Kier molecular flexibility index (Phi) is 5.14. The third kappa shape index (κ3) is 3.88. The van der Waals surface area contributed by atoms with E-state index < -0.39 is 17.8 Å². The van der Waals surface area contributed by atoms with E-state index in [9.17, 15) is 14.7 Å². The van der Waals surface area contributed by atoms with E-state index in [4.69, 9.17) is 4.74 Å². The molecular formula is C18H17N2O4S-.